The molecule has 1 atom stereocenters. The zero-order valence-electron chi connectivity index (χ0n) is 19.0. The smallest absolute Gasteiger partial charge is 0.228 e. The van der Waals surface area contributed by atoms with E-state index >= 15 is 0 Å². The van der Waals surface area contributed by atoms with E-state index in [0.29, 0.717) is 5.92 Å². The Hall–Kier alpha value is -3.54. The molecule has 2 fully saturated rings. The molecule has 1 amide bonds. The molecule has 2 aromatic heterocycles. The Balaban J connectivity index is 1.13. The Morgan fingerprint density at radius 1 is 1.00 bits per heavy atom. The Bertz CT molecular complexity index is 1320. The average Bonchev–Trinajstić information content (AvgIpc) is 3.39. The lowest BCUT2D eigenvalue weighted by molar-refractivity contribution is -0.133. The third kappa shape index (κ3) is 3.67. The maximum Gasteiger partial charge on any atom is 0.228 e. The molecule has 0 aliphatic heterocycles. The Morgan fingerprint density at radius 3 is 2.50 bits per heavy atom. The molecule has 2 heterocycles. The first kappa shape index (κ1) is 21.0. The second-order valence-electron chi connectivity index (χ2n) is 9.78. The van der Waals surface area contributed by atoms with Gasteiger partial charge in [0.25, 0.3) is 0 Å². The number of carbonyl (C=O) groups excluding carboxylic acids is 1. The van der Waals surface area contributed by atoms with Crippen LogP contribution in [0.15, 0.2) is 73.2 Å². The van der Waals surface area contributed by atoms with Crippen LogP contribution in [0.4, 0.5) is 10.1 Å². The zero-order chi connectivity index (χ0) is 23.1. The van der Waals surface area contributed by atoms with Crippen molar-refractivity contribution in [2.75, 3.05) is 5.32 Å². The van der Waals surface area contributed by atoms with Crippen molar-refractivity contribution >= 4 is 22.5 Å². The van der Waals surface area contributed by atoms with Crippen molar-refractivity contribution in [1.29, 1.82) is 0 Å². The first-order valence-electron chi connectivity index (χ1n) is 12.1. The molecule has 1 spiro atoms. The van der Waals surface area contributed by atoms with E-state index in [0.717, 1.165) is 60.8 Å². The van der Waals surface area contributed by atoms with Gasteiger partial charge in [-0.25, -0.2) is 9.07 Å². The molecule has 34 heavy (non-hydrogen) atoms. The molecular weight excluding hydrogens is 427 g/mol. The van der Waals surface area contributed by atoms with Crippen molar-refractivity contribution in [3.8, 4) is 5.69 Å². The number of aromatic nitrogens is 3. The van der Waals surface area contributed by atoms with E-state index in [1.54, 1.807) is 23.0 Å². The number of fused-ring (bicyclic) bond motifs is 1. The Kier molecular flexibility index (Phi) is 5.16. The predicted molar refractivity (Wildman–Crippen MR) is 130 cm³/mol. The summed E-state index contributed by atoms with van der Waals surface area (Å²) < 4.78 is 15.7. The van der Waals surface area contributed by atoms with Crippen LogP contribution in [-0.4, -0.2) is 20.7 Å². The van der Waals surface area contributed by atoms with Gasteiger partial charge < -0.3 is 5.32 Å². The molecule has 6 heteroatoms. The molecule has 2 aliphatic carbocycles. The molecule has 2 aliphatic rings. The maximum atomic E-state index is 13.9. The molecule has 0 radical (unpaired) electrons. The molecule has 2 aromatic carbocycles. The van der Waals surface area contributed by atoms with E-state index in [-0.39, 0.29) is 23.1 Å². The number of benzene rings is 2. The third-order valence-electron chi connectivity index (χ3n) is 8.05. The molecule has 4 aromatic rings. The quantitative estimate of drug-likeness (QED) is 0.396. The minimum absolute atomic E-state index is 0.0610. The zero-order valence-corrected chi connectivity index (χ0v) is 19.0. The van der Waals surface area contributed by atoms with Gasteiger partial charge in [-0.05, 0) is 110 Å². The van der Waals surface area contributed by atoms with Crippen LogP contribution >= 0.6 is 0 Å². The number of hydrogen-bond donors (Lipinski definition) is 1. The van der Waals surface area contributed by atoms with Gasteiger partial charge >= 0.3 is 0 Å². The molecule has 0 unspecified atom stereocenters. The summed E-state index contributed by atoms with van der Waals surface area (Å²) in [4.78, 5) is 17.6. The van der Waals surface area contributed by atoms with Gasteiger partial charge in [0.05, 0.1) is 11.2 Å². The van der Waals surface area contributed by atoms with Crippen LogP contribution in [0.5, 0.6) is 0 Å². The standard InChI is InChI=1S/C28H27FN4O/c29-20-2-7-26-24(18-20)23(11-16-30-26)19-8-12-28(13-9-19)14-10-25(28)27(34)32-21-3-5-22(6-4-21)33-17-1-15-31-33/h1-7,11,15-19,25H,8-10,12-14H2,(H,32,34)/t19?,25-,28?/m1/s1. The minimum Gasteiger partial charge on any atom is -0.326 e. The highest BCUT2D eigenvalue weighted by molar-refractivity contribution is 5.93. The van der Waals surface area contributed by atoms with Gasteiger partial charge in [0.1, 0.15) is 5.82 Å². The number of amides is 1. The SMILES string of the molecule is O=C(Nc1ccc(-n2cccn2)cc1)[C@H]1CCC12CCC(c1ccnc3ccc(F)cc13)CC2. The number of anilines is 1. The van der Waals surface area contributed by atoms with Crippen LogP contribution in [0.2, 0.25) is 0 Å². The van der Waals surface area contributed by atoms with Crippen LogP contribution in [0.3, 0.4) is 0 Å². The summed E-state index contributed by atoms with van der Waals surface area (Å²) in [5.74, 6) is 0.360. The number of hydrogen-bond acceptors (Lipinski definition) is 3. The Morgan fingerprint density at radius 2 is 1.79 bits per heavy atom. The Labute approximate surface area is 198 Å². The highest BCUT2D eigenvalue weighted by Crippen LogP contribution is 2.58. The molecule has 172 valence electrons. The van der Waals surface area contributed by atoms with E-state index < -0.39 is 0 Å². The van der Waals surface area contributed by atoms with Gasteiger partial charge in [-0.15, -0.1) is 0 Å². The number of pyridine rings is 1. The van der Waals surface area contributed by atoms with Crippen molar-refractivity contribution in [3.63, 3.8) is 0 Å². The second-order valence-corrected chi connectivity index (χ2v) is 9.78. The van der Waals surface area contributed by atoms with E-state index in [9.17, 15) is 9.18 Å². The largest absolute Gasteiger partial charge is 0.326 e. The summed E-state index contributed by atoms with van der Waals surface area (Å²) in [7, 11) is 0. The number of rotatable bonds is 4. The monoisotopic (exact) mass is 454 g/mol. The van der Waals surface area contributed by atoms with Gasteiger partial charge in [-0.3, -0.25) is 9.78 Å². The molecule has 5 nitrogen and oxygen atoms in total. The molecule has 6 rings (SSSR count). The maximum absolute atomic E-state index is 13.9. The lowest BCUT2D eigenvalue weighted by Crippen LogP contribution is -2.48. The lowest BCUT2D eigenvalue weighted by atomic mass is 9.52. The fourth-order valence-corrected chi connectivity index (χ4v) is 6.05. The number of halogens is 1. The third-order valence-corrected chi connectivity index (χ3v) is 8.05. The van der Waals surface area contributed by atoms with E-state index in [1.807, 2.05) is 48.8 Å². The summed E-state index contributed by atoms with van der Waals surface area (Å²) in [6.07, 6.45) is 11.7. The van der Waals surface area contributed by atoms with E-state index in [4.69, 9.17) is 0 Å². The highest BCUT2D eigenvalue weighted by atomic mass is 19.1. The molecule has 2 saturated carbocycles. The van der Waals surface area contributed by atoms with Crippen molar-refractivity contribution in [3.05, 3.63) is 84.6 Å². The minimum atomic E-state index is -0.220. The highest BCUT2D eigenvalue weighted by Gasteiger charge is 2.51. The summed E-state index contributed by atoms with van der Waals surface area (Å²) in [6, 6.07) is 16.6. The second kappa shape index (κ2) is 8.35. The number of carbonyl (C=O) groups is 1. The summed E-state index contributed by atoms with van der Waals surface area (Å²) >= 11 is 0. The predicted octanol–water partition coefficient (Wildman–Crippen LogP) is 6.25. The average molecular weight is 455 g/mol. The summed E-state index contributed by atoms with van der Waals surface area (Å²) in [6.45, 7) is 0. The first-order chi connectivity index (χ1) is 16.6. The van der Waals surface area contributed by atoms with Gasteiger partial charge in [-0.2, -0.15) is 5.10 Å². The first-order valence-corrected chi connectivity index (χ1v) is 12.1. The van der Waals surface area contributed by atoms with Crippen molar-refractivity contribution in [2.45, 2.75) is 44.4 Å². The summed E-state index contributed by atoms with van der Waals surface area (Å²) in [5.41, 5.74) is 3.92. The normalized spacial score (nSPS) is 24.1. The number of nitrogens with one attached hydrogen (secondary N) is 1. The van der Waals surface area contributed by atoms with Crippen LogP contribution in [0, 0.1) is 17.2 Å². The van der Waals surface area contributed by atoms with E-state index in [2.05, 4.69) is 15.4 Å². The molecule has 0 saturated heterocycles. The van der Waals surface area contributed by atoms with Crippen LogP contribution in [-0.2, 0) is 4.79 Å². The van der Waals surface area contributed by atoms with Gasteiger partial charge in [-0.1, -0.05) is 0 Å². The van der Waals surface area contributed by atoms with Crippen LogP contribution < -0.4 is 5.32 Å². The molecular formula is C28H27FN4O. The molecule has 1 N–H and O–H groups in total. The van der Waals surface area contributed by atoms with Crippen LogP contribution in [0.1, 0.15) is 50.0 Å². The number of nitrogens with zero attached hydrogens (tertiary/aromatic N) is 3. The summed E-state index contributed by atoms with van der Waals surface area (Å²) in [5, 5.41) is 8.30. The van der Waals surface area contributed by atoms with Gasteiger partial charge in [0.2, 0.25) is 5.91 Å². The van der Waals surface area contributed by atoms with Crippen molar-refractivity contribution < 1.29 is 9.18 Å². The van der Waals surface area contributed by atoms with Gasteiger partial charge in [0, 0.05) is 35.6 Å². The lowest BCUT2D eigenvalue weighted by Gasteiger charge is -2.52. The molecule has 0 bridgehead atoms. The topological polar surface area (TPSA) is 59.8 Å². The fraction of sp³-hybridized carbons (Fsp3) is 0.321. The van der Waals surface area contributed by atoms with Crippen molar-refractivity contribution in [2.24, 2.45) is 11.3 Å². The van der Waals surface area contributed by atoms with Crippen LogP contribution in [0.25, 0.3) is 16.6 Å². The fourth-order valence-electron chi connectivity index (χ4n) is 6.05. The van der Waals surface area contributed by atoms with Gasteiger partial charge in [0.15, 0.2) is 0 Å². The van der Waals surface area contributed by atoms with Crippen molar-refractivity contribution in [1.82, 2.24) is 14.8 Å². The van der Waals surface area contributed by atoms with E-state index in [1.165, 1.54) is 11.6 Å².